The maximum Gasteiger partial charge on any atom is 0.160 e. The fourth-order valence-electron chi connectivity index (χ4n) is 7.08. The van der Waals surface area contributed by atoms with Crippen LogP contribution in [0.15, 0.2) is 176 Å². The minimum atomic E-state index is 0.694. The van der Waals surface area contributed by atoms with Gasteiger partial charge in [-0.3, -0.25) is 9.88 Å². The minimum absolute atomic E-state index is 0.694. The highest BCUT2D eigenvalue weighted by molar-refractivity contribution is 7.24. The lowest BCUT2D eigenvalue weighted by atomic mass is 10.0. The summed E-state index contributed by atoms with van der Waals surface area (Å²) in [6.45, 7) is 0. The van der Waals surface area contributed by atoms with Gasteiger partial charge in [0.15, 0.2) is 5.82 Å². The lowest BCUT2D eigenvalue weighted by Gasteiger charge is -2.38. The van der Waals surface area contributed by atoms with E-state index in [-0.39, 0.29) is 0 Å². The highest BCUT2D eigenvalue weighted by atomic mass is 32.1. The number of benzene rings is 6. The number of para-hydroxylation sites is 4. The molecule has 0 spiro atoms. The van der Waals surface area contributed by atoms with Crippen molar-refractivity contribution in [3.8, 4) is 33.9 Å². The number of rotatable bonds is 5. The number of hydrogen-bond acceptors (Lipinski definition) is 6. The van der Waals surface area contributed by atoms with Crippen LogP contribution in [0, 0.1) is 0 Å². The summed E-state index contributed by atoms with van der Waals surface area (Å²) in [6, 6.07) is 59.4. The van der Waals surface area contributed by atoms with Crippen LogP contribution in [-0.2, 0) is 0 Å². The second-order valence-electron chi connectivity index (χ2n) is 12.5. The average Bonchev–Trinajstić information content (AvgIpc) is 3.59. The van der Waals surface area contributed by atoms with E-state index in [4.69, 9.17) is 9.97 Å². The molecule has 6 aromatic carbocycles. The van der Waals surface area contributed by atoms with E-state index in [1.165, 1.54) is 20.8 Å². The van der Waals surface area contributed by atoms with Gasteiger partial charge in [0.05, 0.1) is 34.0 Å². The number of pyridine rings is 1. The molecule has 6 heteroatoms. The molecule has 0 unspecified atom stereocenters. The number of fused-ring (bicyclic) bond motifs is 5. The van der Waals surface area contributed by atoms with Crippen LogP contribution in [0.2, 0.25) is 0 Å². The monoisotopic (exact) mass is 671 g/mol. The van der Waals surface area contributed by atoms with Crippen molar-refractivity contribution >= 4 is 65.8 Å². The predicted octanol–water partition coefficient (Wildman–Crippen LogP) is 12.5. The lowest BCUT2D eigenvalue weighted by molar-refractivity contribution is 1.20. The smallest absolute Gasteiger partial charge is 0.160 e. The maximum absolute atomic E-state index is 5.19. The summed E-state index contributed by atoms with van der Waals surface area (Å²) < 4.78 is 1.25. The summed E-state index contributed by atoms with van der Waals surface area (Å²) in [5.41, 5.74) is 11.5. The van der Waals surface area contributed by atoms with Gasteiger partial charge in [-0.15, -0.1) is 11.3 Å². The standard InChI is InChI=1S/C45H29N5S/c1-2-12-33(13-3-1)50-40-19-8-7-18-39(40)49(43-36-15-5-9-20-41(36)51-45(43)50)34-27-25-32(26-28-34)44-47-38-17-6-4-14-35(38)42(48-44)31-23-21-30(22-24-31)37-16-10-11-29-46-37/h1-29H. The van der Waals surface area contributed by atoms with Gasteiger partial charge in [0.2, 0.25) is 0 Å². The van der Waals surface area contributed by atoms with E-state index in [2.05, 4.69) is 154 Å². The van der Waals surface area contributed by atoms with E-state index in [1.807, 2.05) is 47.9 Å². The molecular formula is C45H29N5S. The Morgan fingerprint density at radius 3 is 1.86 bits per heavy atom. The zero-order valence-corrected chi connectivity index (χ0v) is 28.2. The van der Waals surface area contributed by atoms with E-state index in [9.17, 15) is 0 Å². The molecule has 0 saturated heterocycles. The van der Waals surface area contributed by atoms with Crippen molar-refractivity contribution in [1.29, 1.82) is 0 Å². The molecule has 0 saturated carbocycles. The van der Waals surface area contributed by atoms with E-state index in [0.717, 1.165) is 61.7 Å². The molecule has 10 rings (SSSR count). The normalized spacial score (nSPS) is 12.2. The first-order chi connectivity index (χ1) is 25.3. The van der Waals surface area contributed by atoms with Gasteiger partial charge >= 0.3 is 0 Å². The molecule has 4 heterocycles. The van der Waals surface area contributed by atoms with Crippen LogP contribution < -0.4 is 9.80 Å². The number of anilines is 6. The van der Waals surface area contributed by atoms with Crippen molar-refractivity contribution in [2.24, 2.45) is 0 Å². The predicted molar refractivity (Wildman–Crippen MR) is 212 cm³/mol. The Bertz CT molecular complexity index is 2690. The van der Waals surface area contributed by atoms with Gasteiger partial charge in [0.1, 0.15) is 5.00 Å². The summed E-state index contributed by atoms with van der Waals surface area (Å²) in [4.78, 5) is 19.6. The summed E-state index contributed by atoms with van der Waals surface area (Å²) in [6.07, 6.45) is 1.82. The van der Waals surface area contributed by atoms with Crippen molar-refractivity contribution < 1.29 is 0 Å². The first kappa shape index (κ1) is 29.3. The van der Waals surface area contributed by atoms with Gasteiger partial charge in [0.25, 0.3) is 0 Å². The van der Waals surface area contributed by atoms with E-state index in [1.54, 1.807) is 0 Å². The number of hydrogen-bond donors (Lipinski definition) is 0. The lowest BCUT2D eigenvalue weighted by Crippen LogP contribution is -2.22. The molecule has 5 nitrogen and oxygen atoms in total. The third-order valence-corrected chi connectivity index (χ3v) is 10.6. The Kier molecular flexibility index (Phi) is 6.93. The van der Waals surface area contributed by atoms with Crippen molar-refractivity contribution in [2.45, 2.75) is 0 Å². The van der Waals surface area contributed by atoms with Crippen molar-refractivity contribution in [3.63, 3.8) is 0 Å². The van der Waals surface area contributed by atoms with Crippen LogP contribution in [0.4, 0.5) is 33.4 Å². The van der Waals surface area contributed by atoms with Gasteiger partial charge < -0.3 is 4.90 Å². The van der Waals surface area contributed by atoms with Gasteiger partial charge in [-0.25, -0.2) is 9.97 Å². The second kappa shape index (κ2) is 12.1. The molecule has 1 aliphatic heterocycles. The molecule has 9 aromatic rings. The highest BCUT2D eigenvalue weighted by Crippen LogP contribution is 2.59. The highest BCUT2D eigenvalue weighted by Gasteiger charge is 2.33. The molecule has 1 aliphatic rings. The van der Waals surface area contributed by atoms with Gasteiger partial charge in [-0.2, -0.15) is 0 Å². The van der Waals surface area contributed by atoms with E-state index in [0.29, 0.717) is 5.82 Å². The number of thiophene rings is 1. The Balaban J connectivity index is 1.08. The first-order valence-electron chi connectivity index (χ1n) is 17.0. The molecule has 240 valence electrons. The Morgan fingerprint density at radius 1 is 0.451 bits per heavy atom. The second-order valence-corrected chi connectivity index (χ2v) is 13.5. The van der Waals surface area contributed by atoms with Gasteiger partial charge in [0, 0.05) is 49.7 Å². The van der Waals surface area contributed by atoms with Crippen molar-refractivity contribution in [3.05, 3.63) is 176 Å². The topological polar surface area (TPSA) is 45.2 Å². The summed E-state index contributed by atoms with van der Waals surface area (Å²) >= 11 is 1.83. The van der Waals surface area contributed by atoms with Crippen LogP contribution in [0.5, 0.6) is 0 Å². The first-order valence-corrected chi connectivity index (χ1v) is 17.8. The molecule has 51 heavy (non-hydrogen) atoms. The zero-order chi connectivity index (χ0) is 33.7. The molecule has 0 amide bonds. The number of nitrogens with zero attached hydrogens (tertiary/aromatic N) is 5. The number of aromatic nitrogens is 3. The molecule has 3 aromatic heterocycles. The van der Waals surface area contributed by atoms with E-state index < -0.39 is 0 Å². The summed E-state index contributed by atoms with van der Waals surface area (Å²) in [5.74, 6) is 0.694. The average molecular weight is 672 g/mol. The van der Waals surface area contributed by atoms with Crippen LogP contribution in [0.1, 0.15) is 0 Å². The molecule has 0 N–H and O–H groups in total. The molecule has 0 aliphatic carbocycles. The Morgan fingerprint density at radius 2 is 1.08 bits per heavy atom. The molecule has 0 atom stereocenters. The zero-order valence-electron chi connectivity index (χ0n) is 27.4. The third-order valence-electron chi connectivity index (χ3n) is 9.46. The third kappa shape index (κ3) is 4.96. The Hall–Kier alpha value is -6.63. The maximum atomic E-state index is 5.19. The van der Waals surface area contributed by atoms with Crippen molar-refractivity contribution in [2.75, 3.05) is 9.80 Å². The largest absolute Gasteiger partial charge is 0.305 e. The molecular weight excluding hydrogens is 643 g/mol. The van der Waals surface area contributed by atoms with Crippen LogP contribution in [-0.4, -0.2) is 15.0 Å². The quantitative estimate of drug-likeness (QED) is 0.182. The van der Waals surface area contributed by atoms with E-state index >= 15 is 0 Å². The van der Waals surface area contributed by atoms with Crippen molar-refractivity contribution in [1.82, 2.24) is 15.0 Å². The van der Waals surface area contributed by atoms with Crippen LogP contribution in [0.25, 0.3) is 54.9 Å². The molecule has 0 radical (unpaired) electrons. The fraction of sp³-hybridized carbons (Fsp3) is 0. The van der Waals surface area contributed by atoms with Crippen LogP contribution in [0.3, 0.4) is 0 Å². The SMILES string of the molecule is c1ccc(N2c3ccccc3N(c3ccc(-c4nc(-c5ccc(-c6ccccn6)cc5)c5ccccc5n4)cc3)c3c2sc2ccccc32)cc1. The summed E-state index contributed by atoms with van der Waals surface area (Å²) in [5, 5.41) is 3.45. The van der Waals surface area contributed by atoms with Gasteiger partial charge in [-0.1, -0.05) is 97.1 Å². The van der Waals surface area contributed by atoms with Crippen LogP contribution >= 0.6 is 11.3 Å². The molecule has 0 bridgehead atoms. The Labute approximate surface area is 299 Å². The fourth-order valence-corrected chi connectivity index (χ4v) is 8.30. The van der Waals surface area contributed by atoms with Gasteiger partial charge in [-0.05, 0) is 72.8 Å². The summed E-state index contributed by atoms with van der Waals surface area (Å²) in [7, 11) is 0. The molecule has 0 fully saturated rings. The minimum Gasteiger partial charge on any atom is -0.305 e.